The van der Waals surface area contributed by atoms with Gasteiger partial charge in [-0.1, -0.05) is 23.7 Å². The number of H-pyrrole nitrogens is 1. The van der Waals surface area contributed by atoms with E-state index in [9.17, 15) is 9.18 Å². The van der Waals surface area contributed by atoms with Crippen LogP contribution in [0, 0.1) is 5.82 Å². The Labute approximate surface area is 137 Å². The number of nitrogens with zero attached hydrogens (tertiary/aromatic N) is 2. The second kappa shape index (κ2) is 6.48. The van der Waals surface area contributed by atoms with E-state index >= 15 is 0 Å². The molecule has 0 bridgehead atoms. The average Bonchev–Trinajstić information content (AvgIpc) is 2.46. The molecule has 0 spiro atoms. The number of fused-ring (bicyclic) bond motifs is 1. The van der Waals surface area contributed by atoms with Gasteiger partial charge < -0.3 is 4.98 Å². The quantitative estimate of drug-likeness (QED) is 0.797. The van der Waals surface area contributed by atoms with E-state index in [1.807, 2.05) is 18.0 Å². The lowest BCUT2D eigenvalue weighted by molar-refractivity contribution is 0.310. The molecule has 0 saturated heterocycles. The van der Waals surface area contributed by atoms with Crippen molar-refractivity contribution in [3.8, 4) is 0 Å². The fourth-order valence-corrected chi connectivity index (χ4v) is 2.66. The summed E-state index contributed by atoms with van der Waals surface area (Å²) in [7, 11) is 1.88. The fraction of sp³-hybridized carbons (Fsp3) is 0.176. The molecule has 6 heteroatoms. The third kappa shape index (κ3) is 3.75. The van der Waals surface area contributed by atoms with Crippen molar-refractivity contribution in [1.82, 2.24) is 14.9 Å². The molecule has 1 N–H and O–H groups in total. The average molecular weight is 332 g/mol. The number of hydrogen-bond acceptors (Lipinski definition) is 3. The molecule has 0 unspecified atom stereocenters. The van der Waals surface area contributed by atoms with Gasteiger partial charge in [0.2, 0.25) is 0 Å². The molecule has 118 valence electrons. The second-order valence-corrected chi connectivity index (χ2v) is 5.91. The van der Waals surface area contributed by atoms with Crippen molar-refractivity contribution in [3.63, 3.8) is 0 Å². The first-order valence-electron chi connectivity index (χ1n) is 7.13. The van der Waals surface area contributed by atoms with E-state index in [2.05, 4.69) is 9.97 Å². The zero-order chi connectivity index (χ0) is 16.4. The predicted octanol–water partition coefficient (Wildman–Crippen LogP) is 3.35. The normalized spacial score (nSPS) is 11.3. The van der Waals surface area contributed by atoms with Gasteiger partial charge in [0.1, 0.15) is 11.6 Å². The van der Waals surface area contributed by atoms with Crippen LogP contribution in [0.1, 0.15) is 11.4 Å². The minimum Gasteiger partial charge on any atom is -0.309 e. The van der Waals surface area contributed by atoms with Crippen LogP contribution in [0.4, 0.5) is 4.39 Å². The van der Waals surface area contributed by atoms with Crippen molar-refractivity contribution in [3.05, 3.63) is 75.0 Å². The summed E-state index contributed by atoms with van der Waals surface area (Å²) in [5.74, 6) is 0.284. The van der Waals surface area contributed by atoms with Gasteiger partial charge in [0.15, 0.2) is 0 Å². The van der Waals surface area contributed by atoms with Gasteiger partial charge in [-0.3, -0.25) is 9.69 Å². The van der Waals surface area contributed by atoms with Gasteiger partial charge in [0.25, 0.3) is 5.56 Å². The molecule has 0 aliphatic heterocycles. The Hall–Kier alpha value is -2.24. The van der Waals surface area contributed by atoms with Crippen LogP contribution in [0.2, 0.25) is 5.02 Å². The molecular formula is C17H15ClFN3O. The maximum absolute atomic E-state index is 13.2. The Bertz CT molecular complexity index is 910. The number of benzene rings is 2. The molecule has 0 fully saturated rings. The number of rotatable bonds is 4. The van der Waals surface area contributed by atoms with Gasteiger partial charge in [0, 0.05) is 11.6 Å². The summed E-state index contributed by atoms with van der Waals surface area (Å²) in [5.41, 5.74) is 1.23. The molecule has 4 nitrogen and oxygen atoms in total. The predicted molar refractivity (Wildman–Crippen MR) is 88.9 cm³/mol. The van der Waals surface area contributed by atoms with Crippen LogP contribution >= 0.6 is 11.6 Å². The first-order chi connectivity index (χ1) is 11.0. The molecule has 0 aliphatic carbocycles. The second-order valence-electron chi connectivity index (χ2n) is 5.48. The molecular weight excluding hydrogens is 317 g/mol. The van der Waals surface area contributed by atoms with E-state index in [1.165, 1.54) is 12.1 Å². The molecule has 0 aliphatic rings. The highest BCUT2D eigenvalue weighted by Crippen LogP contribution is 2.15. The lowest BCUT2D eigenvalue weighted by Crippen LogP contribution is -2.21. The Morgan fingerprint density at radius 3 is 2.83 bits per heavy atom. The highest BCUT2D eigenvalue weighted by molar-refractivity contribution is 6.31. The fourth-order valence-electron chi connectivity index (χ4n) is 2.49. The monoisotopic (exact) mass is 331 g/mol. The first kappa shape index (κ1) is 15.6. The Morgan fingerprint density at radius 2 is 2.04 bits per heavy atom. The summed E-state index contributed by atoms with van der Waals surface area (Å²) in [4.78, 5) is 21.2. The van der Waals surface area contributed by atoms with Crippen molar-refractivity contribution >= 4 is 22.5 Å². The SMILES string of the molecule is CN(Cc1cccc(F)c1)Cc1nc2cc(Cl)ccc2c(=O)[nH]1. The summed E-state index contributed by atoms with van der Waals surface area (Å²) < 4.78 is 13.2. The Morgan fingerprint density at radius 1 is 1.22 bits per heavy atom. The number of aromatic nitrogens is 2. The Balaban J connectivity index is 1.82. The maximum atomic E-state index is 13.2. The molecule has 0 saturated carbocycles. The van der Waals surface area contributed by atoms with E-state index in [1.54, 1.807) is 24.3 Å². The molecule has 3 rings (SSSR count). The summed E-state index contributed by atoms with van der Waals surface area (Å²) in [6.45, 7) is 0.989. The van der Waals surface area contributed by atoms with Gasteiger partial charge in [-0.05, 0) is 42.9 Å². The van der Waals surface area contributed by atoms with Crippen molar-refractivity contribution in [2.45, 2.75) is 13.1 Å². The van der Waals surface area contributed by atoms with Crippen molar-refractivity contribution in [1.29, 1.82) is 0 Å². The summed E-state index contributed by atoms with van der Waals surface area (Å²) in [6, 6.07) is 11.4. The molecule has 2 aromatic carbocycles. The van der Waals surface area contributed by atoms with Crippen LogP contribution in [0.3, 0.4) is 0 Å². The van der Waals surface area contributed by atoms with Crippen LogP contribution in [0.15, 0.2) is 47.3 Å². The van der Waals surface area contributed by atoms with Crippen molar-refractivity contribution in [2.24, 2.45) is 0 Å². The number of aromatic amines is 1. The topological polar surface area (TPSA) is 49.0 Å². The van der Waals surface area contributed by atoms with Crippen LogP contribution in [0.25, 0.3) is 10.9 Å². The molecule has 0 amide bonds. The third-order valence-corrected chi connectivity index (χ3v) is 3.71. The van der Waals surface area contributed by atoms with Crippen LogP contribution < -0.4 is 5.56 Å². The van der Waals surface area contributed by atoms with Gasteiger partial charge >= 0.3 is 0 Å². The summed E-state index contributed by atoms with van der Waals surface area (Å²) >= 11 is 5.95. The van der Waals surface area contributed by atoms with Gasteiger partial charge in [0.05, 0.1) is 17.4 Å². The smallest absolute Gasteiger partial charge is 0.258 e. The Kier molecular flexibility index (Phi) is 4.41. The highest BCUT2D eigenvalue weighted by atomic mass is 35.5. The van der Waals surface area contributed by atoms with Crippen LogP contribution in [-0.4, -0.2) is 21.9 Å². The lowest BCUT2D eigenvalue weighted by Gasteiger charge is -2.16. The van der Waals surface area contributed by atoms with Crippen molar-refractivity contribution < 1.29 is 4.39 Å². The third-order valence-electron chi connectivity index (χ3n) is 3.48. The maximum Gasteiger partial charge on any atom is 0.258 e. The number of halogens is 2. The van der Waals surface area contributed by atoms with Crippen LogP contribution in [-0.2, 0) is 13.1 Å². The zero-order valence-electron chi connectivity index (χ0n) is 12.5. The minimum absolute atomic E-state index is 0.194. The van der Waals surface area contributed by atoms with Gasteiger partial charge in [-0.2, -0.15) is 0 Å². The van der Waals surface area contributed by atoms with Crippen LogP contribution in [0.5, 0.6) is 0 Å². The molecule has 23 heavy (non-hydrogen) atoms. The molecule has 1 heterocycles. The zero-order valence-corrected chi connectivity index (χ0v) is 13.3. The summed E-state index contributed by atoms with van der Waals surface area (Å²) in [5, 5.41) is 1.04. The standard InChI is InChI=1S/C17H15ClFN3O/c1-22(9-11-3-2-4-13(19)7-11)10-16-20-15-8-12(18)5-6-14(15)17(23)21-16/h2-8H,9-10H2,1H3,(H,20,21,23). The summed E-state index contributed by atoms with van der Waals surface area (Å²) in [6.07, 6.45) is 0. The van der Waals surface area contributed by atoms with Crippen molar-refractivity contribution in [2.75, 3.05) is 7.05 Å². The van der Waals surface area contributed by atoms with E-state index < -0.39 is 0 Å². The highest BCUT2D eigenvalue weighted by Gasteiger charge is 2.08. The van der Waals surface area contributed by atoms with E-state index in [-0.39, 0.29) is 11.4 Å². The lowest BCUT2D eigenvalue weighted by atomic mass is 10.2. The first-order valence-corrected chi connectivity index (χ1v) is 7.50. The van der Waals surface area contributed by atoms with E-state index in [0.717, 1.165) is 5.56 Å². The largest absolute Gasteiger partial charge is 0.309 e. The van der Waals surface area contributed by atoms with Gasteiger partial charge in [-0.25, -0.2) is 9.37 Å². The molecule has 0 atom stereocenters. The van der Waals surface area contributed by atoms with E-state index in [0.29, 0.717) is 34.8 Å². The molecule has 3 aromatic rings. The number of nitrogens with one attached hydrogen (secondary N) is 1. The molecule has 1 aromatic heterocycles. The van der Waals surface area contributed by atoms with E-state index in [4.69, 9.17) is 11.6 Å². The number of hydrogen-bond donors (Lipinski definition) is 1. The molecule has 0 radical (unpaired) electrons. The minimum atomic E-state index is -0.261. The van der Waals surface area contributed by atoms with Gasteiger partial charge in [-0.15, -0.1) is 0 Å².